The average Bonchev–Trinajstić information content (AvgIpc) is 2.15. The molecular formula is C9H18O5. The fourth-order valence-corrected chi connectivity index (χ4v) is 1.79. The van der Waals surface area contributed by atoms with Crippen molar-refractivity contribution in [3.8, 4) is 0 Å². The van der Waals surface area contributed by atoms with Gasteiger partial charge in [0.25, 0.3) is 0 Å². The van der Waals surface area contributed by atoms with Crippen LogP contribution < -0.4 is 0 Å². The van der Waals surface area contributed by atoms with Crippen LogP contribution in [0.4, 0.5) is 0 Å². The number of hydrogen-bond donors (Lipinski definition) is 3. The van der Waals surface area contributed by atoms with Gasteiger partial charge < -0.3 is 24.8 Å². The summed E-state index contributed by atoms with van der Waals surface area (Å²) in [5, 5.41) is 28.4. The summed E-state index contributed by atoms with van der Waals surface area (Å²) >= 11 is 0. The molecule has 1 unspecified atom stereocenters. The second-order valence-electron chi connectivity index (χ2n) is 3.81. The van der Waals surface area contributed by atoms with Crippen LogP contribution in [0.5, 0.6) is 0 Å². The number of rotatable bonds is 2. The van der Waals surface area contributed by atoms with Gasteiger partial charge in [-0.1, -0.05) is 6.92 Å². The van der Waals surface area contributed by atoms with Gasteiger partial charge in [-0.25, -0.2) is 0 Å². The van der Waals surface area contributed by atoms with E-state index in [0.717, 1.165) is 0 Å². The van der Waals surface area contributed by atoms with E-state index in [1.807, 2.05) is 6.92 Å². The summed E-state index contributed by atoms with van der Waals surface area (Å²) < 4.78 is 10.3. The zero-order valence-electron chi connectivity index (χ0n) is 8.67. The molecule has 1 rings (SSSR count). The van der Waals surface area contributed by atoms with Crippen molar-refractivity contribution in [1.82, 2.24) is 0 Å². The Morgan fingerprint density at radius 3 is 2.29 bits per heavy atom. The Hall–Kier alpha value is -0.200. The van der Waals surface area contributed by atoms with E-state index in [1.165, 1.54) is 7.11 Å². The molecule has 0 amide bonds. The van der Waals surface area contributed by atoms with Gasteiger partial charge in [0, 0.05) is 7.11 Å². The molecule has 1 heterocycles. The smallest absolute Gasteiger partial charge is 0.184 e. The monoisotopic (exact) mass is 206 g/mol. The summed E-state index contributed by atoms with van der Waals surface area (Å²) in [6.45, 7) is 3.60. The van der Waals surface area contributed by atoms with Gasteiger partial charge in [0.15, 0.2) is 6.29 Å². The minimum absolute atomic E-state index is 0.576. The van der Waals surface area contributed by atoms with Crippen LogP contribution in [0.3, 0.4) is 0 Å². The zero-order chi connectivity index (χ0) is 10.9. The number of ether oxygens (including phenoxy) is 2. The highest BCUT2D eigenvalue weighted by molar-refractivity contribution is 4.97. The molecule has 1 saturated heterocycles. The average molecular weight is 206 g/mol. The molecule has 1 aliphatic rings. The molecule has 0 bridgehead atoms. The lowest BCUT2D eigenvalue weighted by Gasteiger charge is -2.46. The van der Waals surface area contributed by atoms with E-state index in [1.54, 1.807) is 6.92 Å². The number of hydrogen-bond acceptors (Lipinski definition) is 5. The lowest BCUT2D eigenvalue weighted by Crippen LogP contribution is -2.63. The van der Waals surface area contributed by atoms with E-state index in [4.69, 9.17) is 9.47 Å². The van der Waals surface area contributed by atoms with Crippen LogP contribution in [0.25, 0.3) is 0 Å². The van der Waals surface area contributed by atoms with Crippen molar-refractivity contribution >= 4 is 0 Å². The SMILES string of the molecule is CC[C@]1(C)OC(O)[C@H](O)[C@H](O)[C@H]1OC. The van der Waals surface area contributed by atoms with Gasteiger partial charge in [0.05, 0.1) is 5.60 Å². The predicted octanol–water partition coefficient (Wildman–Crippen LogP) is -0.760. The molecule has 3 N–H and O–H groups in total. The molecule has 0 aromatic heterocycles. The van der Waals surface area contributed by atoms with Gasteiger partial charge in [-0.05, 0) is 13.3 Å². The molecule has 0 aromatic rings. The van der Waals surface area contributed by atoms with Crippen molar-refractivity contribution in [3.05, 3.63) is 0 Å². The van der Waals surface area contributed by atoms with E-state index in [0.29, 0.717) is 6.42 Å². The minimum Gasteiger partial charge on any atom is -0.387 e. The molecule has 5 nitrogen and oxygen atoms in total. The largest absolute Gasteiger partial charge is 0.387 e. The zero-order valence-corrected chi connectivity index (χ0v) is 8.67. The van der Waals surface area contributed by atoms with Gasteiger partial charge in [-0.15, -0.1) is 0 Å². The molecule has 0 saturated carbocycles. The maximum Gasteiger partial charge on any atom is 0.184 e. The van der Waals surface area contributed by atoms with Crippen molar-refractivity contribution in [2.24, 2.45) is 0 Å². The van der Waals surface area contributed by atoms with Crippen molar-refractivity contribution in [2.45, 2.75) is 50.5 Å². The summed E-state index contributed by atoms with van der Waals surface area (Å²) in [4.78, 5) is 0. The molecule has 5 atom stereocenters. The summed E-state index contributed by atoms with van der Waals surface area (Å²) in [6.07, 6.45) is -3.87. The van der Waals surface area contributed by atoms with Crippen LogP contribution in [0.15, 0.2) is 0 Å². The highest BCUT2D eigenvalue weighted by Crippen LogP contribution is 2.33. The molecule has 0 spiro atoms. The summed E-state index contributed by atoms with van der Waals surface area (Å²) in [7, 11) is 1.44. The van der Waals surface area contributed by atoms with Gasteiger partial charge in [-0.3, -0.25) is 0 Å². The van der Waals surface area contributed by atoms with Crippen molar-refractivity contribution < 1.29 is 24.8 Å². The maximum absolute atomic E-state index is 9.66. The first-order chi connectivity index (χ1) is 6.46. The van der Waals surface area contributed by atoms with Crippen LogP contribution in [0.1, 0.15) is 20.3 Å². The number of aliphatic hydroxyl groups is 3. The van der Waals surface area contributed by atoms with Crippen LogP contribution in [0.2, 0.25) is 0 Å². The summed E-state index contributed by atoms with van der Waals surface area (Å²) in [6, 6.07) is 0. The maximum atomic E-state index is 9.66. The molecule has 1 fully saturated rings. The van der Waals surface area contributed by atoms with E-state index < -0.39 is 30.2 Å². The third-order valence-corrected chi connectivity index (χ3v) is 2.90. The van der Waals surface area contributed by atoms with Crippen molar-refractivity contribution in [2.75, 3.05) is 7.11 Å². The number of aliphatic hydroxyl groups excluding tert-OH is 3. The third-order valence-electron chi connectivity index (χ3n) is 2.90. The van der Waals surface area contributed by atoms with Crippen molar-refractivity contribution in [3.63, 3.8) is 0 Å². The predicted molar refractivity (Wildman–Crippen MR) is 48.6 cm³/mol. The Balaban J connectivity index is 2.87. The highest BCUT2D eigenvalue weighted by atomic mass is 16.7. The summed E-state index contributed by atoms with van der Waals surface area (Å²) in [5.41, 5.74) is -0.771. The lowest BCUT2D eigenvalue weighted by molar-refractivity contribution is -0.319. The summed E-state index contributed by atoms with van der Waals surface area (Å²) in [5.74, 6) is 0. The van der Waals surface area contributed by atoms with Gasteiger partial charge in [-0.2, -0.15) is 0 Å². The van der Waals surface area contributed by atoms with E-state index in [-0.39, 0.29) is 0 Å². The molecule has 84 valence electrons. The van der Waals surface area contributed by atoms with E-state index in [9.17, 15) is 15.3 Å². The van der Waals surface area contributed by atoms with E-state index in [2.05, 4.69) is 0 Å². The lowest BCUT2D eigenvalue weighted by atomic mass is 9.86. The van der Waals surface area contributed by atoms with Crippen LogP contribution >= 0.6 is 0 Å². The molecule has 0 radical (unpaired) electrons. The topological polar surface area (TPSA) is 79.2 Å². The van der Waals surface area contributed by atoms with Gasteiger partial charge in [0.1, 0.15) is 18.3 Å². The van der Waals surface area contributed by atoms with Crippen LogP contribution in [-0.4, -0.2) is 52.6 Å². The Bertz CT molecular complexity index is 198. The molecule has 14 heavy (non-hydrogen) atoms. The Kier molecular flexibility index (Phi) is 3.49. The molecule has 5 heteroatoms. The standard InChI is InChI=1S/C9H18O5/c1-4-9(2)7(13-3)5(10)6(11)8(12)14-9/h5-8,10-12H,4H2,1-3H3/t5-,6+,7+,8?,9-/m0/s1. The quantitative estimate of drug-likeness (QED) is 0.553. The second kappa shape index (κ2) is 4.12. The van der Waals surface area contributed by atoms with Crippen molar-refractivity contribution in [1.29, 1.82) is 0 Å². The number of methoxy groups -OCH3 is 1. The molecule has 0 aliphatic carbocycles. The molecule has 0 aromatic carbocycles. The first-order valence-electron chi connectivity index (χ1n) is 4.71. The van der Waals surface area contributed by atoms with Crippen LogP contribution in [-0.2, 0) is 9.47 Å². The molecule has 1 aliphatic heterocycles. The minimum atomic E-state index is -1.36. The van der Waals surface area contributed by atoms with Crippen LogP contribution in [0, 0.1) is 0 Å². The first-order valence-corrected chi connectivity index (χ1v) is 4.71. The highest BCUT2D eigenvalue weighted by Gasteiger charge is 2.50. The molecular weight excluding hydrogens is 188 g/mol. The Morgan fingerprint density at radius 2 is 1.86 bits per heavy atom. The van der Waals surface area contributed by atoms with Gasteiger partial charge in [0.2, 0.25) is 0 Å². The second-order valence-corrected chi connectivity index (χ2v) is 3.81. The Labute approximate surface area is 83.3 Å². The fraction of sp³-hybridized carbons (Fsp3) is 1.00. The van der Waals surface area contributed by atoms with Gasteiger partial charge >= 0.3 is 0 Å². The Morgan fingerprint density at radius 1 is 1.29 bits per heavy atom. The normalized spacial score (nSPS) is 49.3. The van der Waals surface area contributed by atoms with E-state index >= 15 is 0 Å². The first kappa shape index (κ1) is 11.9. The third kappa shape index (κ3) is 1.78. The fourth-order valence-electron chi connectivity index (χ4n) is 1.79.